The monoisotopic (exact) mass is 311 g/mol. The fourth-order valence-corrected chi connectivity index (χ4v) is 2.72. The van der Waals surface area contributed by atoms with Crippen molar-refractivity contribution in [1.82, 2.24) is 9.97 Å². The first-order valence-corrected chi connectivity index (χ1v) is 7.76. The third-order valence-corrected chi connectivity index (χ3v) is 4.12. The van der Waals surface area contributed by atoms with Crippen molar-refractivity contribution >= 4 is 15.7 Å². The Kier molecular flexibility index (Phi) is 4.37. The number of benzene rings is 1. The van der Waals surface area contributed by atoms with E-state index in [1.807, 2.05) is 6.92 Å². The van der Waals surface area contributed by atoms with E-state index in [1.165, 1.54) is 20.4 Å². The molecular formula is C13H17N3O4S. The molecule has 0 saturated heterocycles. The highest BCUT2D eigenvalue weighted by Crippen LogP contribution is 2.27. The Morgan fingerprint density at radius 2 is 1.81 bits per heavy atom. The Labute approximate surface area is 123 Å². The molecule has 0 fully saturated rings. The lowest BCUT2D eigenvalue weighted by molar-refractivity contribution is 0.395. The Hall–Kier alpha value is -2.22. The van der Waals surface area contributed by atoms with Gasteiger partial charge in [-0.3, -0.25) is 4.72 Å². The second kappa shape index (κ2) is 6.04. The maximum atomic E-state index is 12.3. The van der Waals surface area contributed by atoms with Gasteiger partial charge < -0.3 is 14.5 Å². The summed E-state index contributed by atoms with van der Waals surface area (Å²) in [6.07, 6.45) is 1.92. The number of H-pyrrole nitrogens is 1. The number of ether oxygens (including phenoxy) is 2. The van der Waals surface area contributed by atoms with Crippen molar-refractivity contribution in [2.45, 2.75) is 18.4 Å². The molecule has 1 aromatic heterocycles. The third kappa shape index (κ3) is 3.46. The van der Waals surface area contributed by atoms with E-state index in [2.05, 4.69) is 14.7 Å². The van der Waals surface area contributed by atoms with Crippen LogP contribution in [0.1, 0.15) is 12.7 Å². The van der Waals surface area contributed by atoms with Crippen molar-refractivity contribution < 1.29 is 17.9 Å². The van der Waals surface area contributed by atoms with Gasteiger partial charge in [0.2, 0.25) is 0 Å². The van der Waals surface area contributed by atoms with Gasteiger partial charge in [-0.2, -0.15) is 8.42 Å². The van der Waals surface area contributed by atoms with E-state index >= 15 is 0 Å². The van der Waals surface area contributed by atoms with Crippen LogP contribution in [-0.4, -0.2) is 32.6 Å². The summed E-state index contributed by atoms with van der Waals surface area (Å²) >= 11 is 0. The van der Waals surface area contributed by atoms with E-state index < -0.39 is 10.0 Å². The highest BCUT2D eigenvalue weighted by molar-refractivity contribution is 7.92. The molecule has 0 aliphatic rings. The summed E-state index contributed by atoms with van der Waals surface area (Å²) in [6, 6.07) is 4.79. The minimum Gasteiger partial charge on any atom is -0.497 e. The van der Waals surface area contributed by atoms with Crippen LogP contribution in [0.2, 0.25) is 0 Å². The number of anilines is 1. The number of aromatic amines is 1. The molecule has 0 unspecified atom stereocenters. The van der Waals surface area contributed by atoms with Gasteiger partial charge >= 0.3 is 0 Å². The average molecular weight is 311 g/mol. The van der Waals surface area contributed by atoms with E-state index in [4.69, 9.17) is 9.47 Å². The van der Waals surface area contributed by atoms with Crippen LogP contribution in [0.3, 0.4) is 0 Å². The summed E-state index contributed by atoms with van der Waals surface area (Å²) in [4.78, 5) is 6.74. The number of nitrogens with one attached hydrogen (secondary N) is 2. The van der Waals surface area contributed by atoms with Gasteiger partial charge in [0.1, 0.15) is 17.3 Å². The Morgan fingerprint density at radius 1 is 1.19 bits per heavy atom. The van der Waals surface area contributed by atoms with E-state index in [0.717, 1.165) is 0 Å². The van der Waals surface area contributed by atoms with Gasteiger partial charge in [-0.25, -0.2) is 4.98 Å². The van der Waals surface area contributed by atoms with Crippen LogP contribution in [0.25, 0.3) is 0 Å². The van der Waals surface area contributed by atoms with E-state index in [-0.39, 0.29) is 5.03 Å². The van der Waals surface area contributed by atoms with Gasteiger partial charge in [0, 0.05) is 24.6 Å². The van der Waals surface area contributed by atoms with Gasteiger partial charge in [-0.05, 0) is 0 Å². The predicted octanol–water partition coefficient (Wildman–Crippen LogP) is 1.79. The van der Waals surface area contributed by atoms with E-state index in [9.17, 15) is 8.42 Å². The zero-order valence-electron chi connectivity index (χ0n) is 12.0. The fraction of sp³-hybridized carbons (Fsp3) is 0.308. The average Bonchev–Trinajstić information content (AvgIpc) is 2.96. The number of nitrogens with zero attached hydrogens (tertiary/aromatic N) is 1. The topological polar surface area (TPSA) is 93.3 Å². The molecular weight excluding hydrogens is 294 g/mol. The molecule has 1 aromatic carbocycles. The first kappa shape index (κ1) is 15.2. The lowest BCUT2D eigenvalue weighted by Gasteiger charge is -2.10. The SMILES string of the molecule is CCc1ncc(S(=O)(=O)Nc2cc(OC)cc(OC)c2)[nH]1. The zero-order valence-corrected chi connectivity index (χ0v) is 12.8. The predicted molar refractivity (Wildman–Crippen MR) is 78.3 cm³/mol. The quantitative estimate of drug-likeness (QED) is 0.848. The first-order chi connectivity index (χ1) is 9.98. The van der Waals surface area contributed by atoms with Crippen molar-refractivity contribution in [3.05, 3.63) is 30.2 Å². The summed E-state index contributed by atoms with van der Waals surface area (Å²) < 4.78 is 37.2. The van der Waals surface area contributed by atoms with Gasteiger partial charge in [-0.15, -0.1) is 0 Å². The molecule has 0 aliphatic carbocycles. The second-order valence-electron chi connectivity index (χ2n) is 4.25. The summed E-state index contributed by atoms with van der Waals surface area (Å²) in [7, 11) is -0.741. The molecule has 0 spiro atoms. The fourth-order valence-electron chi connectivity index (χ4n) is 1.74. The van der Waals surface area contributed by atoms with Crippen molar-refractivity contribution in [2.24, 2.45) is 0 Å². The molecule has 2 aromatic rings. The molecule has 1 heterocycles. The molecule has 0 bridgehead atoms. The van der Waals surface area contributed by atoms with Crippen molar-refractivity contribution in [3.63, 3.8) is 0 Å². The number of imidazole rings is 1. The van der Waals surface area contributed by atoms with Crippen LogP contribution in [0.15, 0.2) is 29.4 Å². The van der Waals surface area contributed by atoms with Gasteiger partial charge in [0.15, 0.2) is 5.03 Å². The molecule has 0 saturated carbocycles. The zero-order chi connectivity index (χ0) is 15.5. The van der Waals surface area contributed by atoms with Gasteiger partial charge in [-0.1, -0.05) is 6.92 Å². The van der Waals surface area contributed by atoms with Crippen molar-refractivity contribution in [1.29, 1.82) is 0 Å². The largest absolute Gasteiger partial charge is 0.497 e. The number of sulfonamides is 1. The molecule has 0 amide bonds. The van der Waals surface area contributed by atoms with Gasteiger partial charge in [0.25, 0.3) is 10.0 Å². The Morgan fingerprint density at radius 3 is 2.29 bits per heavy atom. The molecule has 2 rings (SSSR count). The maximum absolute atomic E-state index is 12.3. The van der Waals surface area contributed by atoms with E-state index in [0.29, 0.717) is 29.4 Å². The molecule has 21 heavy (non-hydrogen) atoms. The van der Waals surface area contributed by atoms with Crippen LogP contribution in [0, 0.1) is 0 Å². The lowest BCUT2D eigenvalue weighted by atomic mass is 10.3. The molecule has 0 aliphatic heterocycles. The third-order valence-electron chi connectivity index (χ3n) is 2.83. The standard InChI is InChI=1S/C13H17N3O4S/c1-4-12-14-8-13(15-12)21(17,18)16-9-5-10(19-2)7-11(6-9)20-3/h5-8,16H,4H2,1-3H3,(H,14,15). The summed E-state index contributed by atoms with van der Waals surface area (Å²) in [6.45, 7) is 1.88. The first-order valence-electron chi connectivity index (χ1n) is 6.28. The highest BCUT2D eigenvalue weighted by atomic mass is 32.2. The van der Waals surface area contributed by atoms with Crippen LogP contribution in [-0.2, 0) is 16.4 Å². The van der Waals surface area contributed by atoms with Crippen LogP contribution in [0.5, 0.6) is 11.5 Å². The number of rotatable bonds is 6. The number of hydrogen-bond acceptors (Lipinski definition) is 5. The van der Waals surface area contributed by atoms with Crippen LogP contribution < -0.4 is 14.2 Å². The smallest absolute Gasteiger partial charge is 0.278 e. The molecule has 2 N–H and O–H groups in total. The summed E-state index contributed by atoms with van der Waals surface area (Å²) in [5.74, 6) is 1.59. The second-order valence-corrected chi connectivity index (χ2v) is 5.91. The summed E-state index contributed by atoms with van der Waals surface area (Å²) in [5.41, 5.74) is 0.346. The lowest BCUT2D eigenvalue weighted by Crippen LogP contribution is -2.13. The van der Waals surface area contributed by atoms with Crippen molar-refractivity contribution in [2.75, 3.05) is 18.9 Å². The summed E-state index contributed by atoms with van der Waals surface area (Å²) in [5, 5.41) is 0.0149. The normalized spacial score (nSPS) is 11.2. The highest BCUT2D eigenvalue weighted by Gasteiger charge is 2.18. The number of hydrogen-bond donors (Lipinski definition) is 2. The Bertz CT molecular complexity index is 703. The molecule has 114 valence electrons. The number of aromatic nitrogens is 2. The maximum Gasteiger partial charge on any atom is 0.278 e. The Balaban J connectivity index is 2.31. The molecule has 8 heteroatoms. The van der Waals surface area contributed by atoms with Crippen molar-refractivity contribution in [3.8, 4) is 11.5 Å². The molecule has 0 radical (unpaired) electrons. The minimum atomic E-state index is -3.73. The van der Waals surface area contributed by atoms with E-state index in [1.54, 1.807) is 18.2 Å². The van der Waals surface area contributed by atoms with Crippen LogP contribution in [0.4, 0.5) is 5.69 Å². The number of methoxy groups -OCH3 is 2. The minimum absolute atomic E-state index is 0.0149. The molecule has 0 atom stereocenters. The number of aryl methyl sites for hydroxylation is 1. The van der Waals surface area contributed by atoms with Crippen LogP contribution >= 0.6 is 0 Å². The van der Waals surface area contributed by atoms with Gasteiger partial charge in [0.05, 0.1) is 26.1 Å². The molecule has 7 nitrogen and oxygen atoms in total.